The summed E-state index contributed by atoms with van der Waals surface area (Å²) >= 11 is -2.18. The van der Waals surface area contributed by atoms with Crippen LogP contribution in [0.3, 0.4) is 0 Å². The molecule has 1 aliphatic carbocycles. The molecule has 0 aromatic rings. The Balaban J connectivity index is 3.04. The summed E-state index contributed by atoms with van der Waals surface area (Å²) in [4.78, 5) is 18.3. The fourth-order valence-corrected chi connectivity index (χ4v) is 7.45. The minimum absolute atomic E-state index is 0.343. The van der Waals surface area contributed by atoms with Crippen molar-refractivity contribution in [3.05, 3.63) is 9.35 Å². The second-order valence-electron chi connectivity index (χ2n) is 4.18. The molecule has 1 aliphatic rings. The monoisotopic (exact) mass is 276 g/mol. The van der Waals surface area contributed by atoms with Crippen LogP contribution in [0, 0.1) is 0 Å². The van der Waals surface area contributed by atoms with Crippen LogP contribution in [0.4, 0.5) is 0 Å². The number of hydrogen-bond donors (Lipinski definition) is 0. The first-order valence-electron chi connectivity index (χ1n) is 4.27. The first-order chi connectivity index (χ1) is 5.46. The molecule has 68 valence electrons. The molecule has 0 unspecified atom stereocenters. The molecular weight excluding hydrogens is 259 g/mol. The molecule has 0 aromatic carbocycles. The number of allylic oxidation sites excluding steroid dienone is 2. The van der Waals surface area contributed by atoms with Gasteiger partial charge in [-0.3, -0.25) is 0 Å². The Morgan fingerprint density at radius 1 is 1.25 bits per heavy atom. The van der Waals surface area contributed by atoms with Crippen molar-refractivity contribution in [2.24, 2.45) is 0 Å². The number of carbonyl (C=O) groups is 1. The maximum absolute atomic E-state index is 11.5. The summed E-state index contributed by atoms with van der Waals surface area (Å²) in [5.41, 5.74) is 0. The number of ether oxygens (including phenoxy) is 1. The third kappa shape index (κ3) is 1.84. The van der Waals surface area contributed by atoms with Gasteiger partial charge in [-0.2, -0.15) is 0 Å². The van der Waals surface area contributed by atoms with Crippen molar-refractivity contribution >= 4 is 24.2 Å². The SMILES string of the molecule is COC1=[C]([Sn]([CH3])([CH3])[CH3])C(=O)CC1. The standard InChI is InChI=1S/C6H7O2.3CH3.Sn/c1-8-6-3-2-5(7)4-6;;;;/h2-3H2,1H3;3*1H3;. The molecule has 0 heterocycles. The number of rotatable bonds is 2. The molecule has 0 aliphatic heterocycles. The van der Waals surface area contributed by atoms with E-state index in [4.69, 9.17) is 4.74 Å². The predicted molar refractivity (Wildman–Crippen MR) is 51.6 cm³/mol. The van der Waals surface area contributed by atoms with Crippen molar-refractivity contribution in [3.8, 4) is 0 Å². The molecule has 2 nitrogen and oxygen atoms in total. The molecule has 0 bridgehead atoms. The minimum atomic E-state index is -2.18. The Bertz CT molecular complexity index is 235. The quantitative estimate of drug-likeness (QED) is 0.721. The van der Waals surface area contributed by atoms with Crippen LogP contribution in [0.1, 0.15) is 12.8 Å². The maximum atomic E-state index is 11.5. The summed E-state index contributed by atoms with van der Waals surface area (Å²) in [5, 5.41) is 0. The van der Waals surface area contributed by atoms with E-state index in [0.717, 1.165) is 15.8 Å². The topological polar surface area (TPSA) is 26.3 Å². The molecule has 0 fully saturated rings. The molecule has 0 spiro atoms. The van der Waals surface area contributed by atoms with Gasteiger partial charge in [-0.25, -0.2) is 0 Å². The number of ketones is 1. The van der Waals surface area contributed by atoms with Crippen LogP contribution < -0.4 is 0 Å². The average molecular weight is 275 g/mol. The number of Topliss-reactive ketones (excluding diaryl/α,β-unsaturated/α-hetero) is 1. The Hall–Kier alpha value is 0.00870. The summed E-state index contributed by atoms with van der Waals surface area (Å²) in [6, 6.07) is 0. The fourth-order valence-electron chi connectivity index (χ4n) is 1.67. The number of methoxy groups -OCH3 is 1. The number of hydrogen-bond acceptors (Lipinski definition) is 2. The van der Waals surface area contributed by atoms with Crippen LogP contribution in [0.15, 0.2) is 9.35 Å². The van der Waals surface area contributed by atoms with Gasteiger partial charge in [0.25, 0.3) is 0 Å². The van der Waals surface area contributed by atoms with Crippen LogP contribution >= 0.6 is 0 Å². The summed E-state index contributed by atoms with van der Waals surface area (Å²) in [6.07, 6.45) is 1.51. The van der Waals surface area contributed by atoms with E-state index in [1.54, 1.807) is 7.11 Å². The van der Waals surface area contributed by atoms with Crippen molar-refractivity contribution in [3.63, 3.8) is 0 Å². The van der Waals surface area contributed by atoms with E-state index in [-0.39, 0.29) is 0 Å². The zero-order valence-corrected chi connectivity index (χ0v) is 11.1. The van der Waals surface area contributed by atoms with Gasteiger partial charge >= 0.3 is 77.8 Å². The normalized spacial score (nSPS) is 18.8. The first-order valence-corrected chi connectivity index (χ1v) is 14.3. The molecule has 0 radical (unpaired) electrons. The van der Waals surface area contributed by atoms with Crippen molar-refractivity contribution in [1.82, 2.24) is 0 Å². The van der Waals surface area contributed by atoms with Gasteiger partial charge in [0, 0.05) is 0 Å². The van der Waals surface area contributed by atoms with E-state index in [2.05, 4.69) is 14.8 Å². The van der Waals surface area contributed by atoms with E-state index < -0.39 is 18.4 Å². The van der Waals surface area contributed by atoms with Crippen LogP contribution in [0.5, 0.6) is 0 Å². The molecular formula is C9H16O2Sn. The van der Waals surface area contributed by atoms with Gasteiger partial charge < -0.3 is 0 Å². The Morgan fingerprint density at radius 3 is 2.17 bits per heavy atom. The van der Waals surface area contributed by atoms with Crippen LogP contribution in [-0.2, 0) is 9.53 Å². The van der Waals surface area contributed by atoms with Crippen LogP contribution in [0.2, 0.25) is 14.8 Å². The average Bonchev–Trinajstić information content (AvgIpc) is 2.29. The van der Waals surface area contributed by atoms with Gasteiger partial charge in [0.15, 0.2) is 0 Å². The van der Waals surface area contributed by atoms with Crippen molar-refractivity contribution in [2.75, 3.05) is 7.11 Å². The van der Waals surface area contributed by atoms with Gasteiger partial charge in [0.05, 0.1) is 0 Å². The molecule has 0 aromatic heterocycles. The predicted octanol–water partition coefficient (Wildman–Crippen LogP) is 2.13. The molecule has 3 heteroatoms. The second kappa shape index (κ2) is 3.40. The first kappa shape index (κ1) is 10.1. The van der Waals surface area contributed by atoms with E-state index in [0.29, 0.717) is 12.2 Å². The molecule has 0 N–H and O–H groups in total. The molecule has 0 atom stereocenters. The number of carbonyl (C=O) groups excluding carboxylic acids is 1. The van der Waals surface area contributed by atoms with Crippen LogP contribution in [0.25, 0.3) is 0 Å². The summed E-state index contributed by atoms with van der Waals surface area (Å²) in [6.45, 7) is 0. The van der Waals surface area contributed by atoms with E-state index >= 15 is 0 Å². The van der Waals surface area contributed by atoms with Gasteiger partial charge in [0.1, 0.15) is 0 Å². The van der Waals surface area contributed by atoms with Crippen LogP contribution in [-0.4, -0.2) is 31.3 Å². The third-order valence-electron chi connectivity index (χ3n) is 2.13. The molecule has 0 saturated heterocycles. The van der Waals surface area contributed by atoms with E-state index in [1.165, 1.54) is 0 Å². The second-order valence-corrected chi connectivity index (χ2v) is 18.4. The van der Waals surface area contributed by atoms with Crippen molar-refractivity contribution in [1.29, 1.82) is 0 Å². The summed E-state index contributed by atoms with van der Waals surface area (Å²) < 4.78 is 6.32. The van der Waals surface area contributed by atoms with Gasteiger partial charge in [-0.05, 0) is 0 Å². The van der Waals surface area contributed by atoms with Crippen molar-refractivity contribution in [2.45, 2.75) is 27.7 Å². The van der Waals surface area contributed by atoms with Gasteiger partial charge in [-0.15, -0.1) is 0 Å². The third-order valence-corrected chi connectivity index (χ3v) is 8.01. The zero-order chi connectivity index (χ0) is 9.35. The molecule has 0 amide bonds. The van der Waals surface area contributed by atoms with Crippen molar-refractivity contribution < 1.29 is 9.53 Å². The van der Waals surface area contributed by atoms with Gasteiger partial charge in [-0.1, -0.05) is 0 Å². The molecule has 1 rings (SSSR count). The summed E-state index contributed by atoms with van der Waals surface area (Å²) in [5.74, 6) is 1.32. The Labute approximate surface area is 77.9 Å². The fraction of sp³-hybridized carbons (Fsp3) is 0.667. The molecule has 0 saturated carbocycles. The van der Waals surface area contributed by atoms with Gasteiger partial charge in [0.2, 0.25) is 0 Å². The summed E-state index contributed by atoms with van der Waals surface area (Å²) in [7, 11) is 1.67. The Kier molecular flexibility index (Phi) is 2.86. The molecule has 12 heavy (non-hydrogen) atoms. The zero-order valence-electron chi connectivity index (χ0n) is 8.23. The van der Waals surface area contributed by atoms with E-state index in [1.807, 2.05) is 0 Å². The Morgan fingerprint density at radius 2 is 1.83 bits per heavy atom. The van der Waals surface area contributed by atoms with E-state index in [9.17, 15) is 4.79 Å².